The smallest absolute Gasteiger partial charge is 0.119 e. The Kier molecular flexibility index (Phi) is 4.73. The zero-order chi connectivity index (χ0) is 13.8. The Morgan fingerprint density at radius 3 is 2.37 bits per heavy atom. The summed E-state index contributed by atoms with van der Waals surface area (Å²) in [5, 5.41) is 0.560. The van der Waals surface area contributed by atoms with Gasteiger partial charge in [0.2, 0.25) is 0 Å². The van der Waals surface area contributed by atoms with Crippen LogP contribution in [-0.4, -0.2) is 6.61 Å². The van der Waals surface area contributed by atoms with Crippen molar-refractivity contribution in [3.8, 4) is 5.75 Å². The molecule has 0 N–H and O–H groups in total. The van der Waals surface area contributed by atoms with Crippen LogP contribution in [-0.2, 0) is 0 Å². The van der Waals surface area contributed by atoms with E-state index >= 15 is 0 Å². The molecule has 1 unspecified atom stereocenters. The Balaban J connectivity index is 2.25. The Hall–Kier alpha value is -1.18. The van der Waals surface area contributed by atoms with Gasteiger partial charge < -0.3 is 4.74 Å². The first-order chi connectivity index (χ1) is 9.11. The number of ether oxygens (including phenoxy) is 1. The molecular weight excluding hydrogens is 279 g/mol. The summed E-state index contributed by atoms with van der Waals surface area (Å²) in [5.41, 5.74) is 3.23. The van der Waals surface area contributed by atoms with E-state index in [0.29, 0.717) is 6.61 Å². The lowest BCUT2D eigenvalue weighted by Gasteiger charge is -2.14. The molecule has 0 heterocycles. The lowest BCUT2D eigenvalue weighted by molar-refractivity contribution is 0.340. The molecular formula is C16H16Cl2O. The van der Waals surface area contributed by atoms with Gasteiger partial charge in [-0.15, -0.1) is 11.6 Å². The highest BCUT2D eigenvalue weighted by atomic mass is 35.5. The maximum atomic E-state index is 6.53. The van der Waals surface area contributed by atoms with Crippen LogP contribution in [0.5, 0.6) is 5.75 Å². The molecule has 0 radical (unpaired) electrons. The number of rotatable bonds is 4. The van der Waals surface area contributed by atoms with Crippen LogP contribution in [0.1, 0.15) is 29.0 Å². The topological polar surface area (TPSA) is 9.23 Å². The van der Waals surface area contributed by atoms with E-state index in [1.165, 1.54) is 0 Å². The second-order valence-corrected chi connectivity index (χ2v) is 5.24. The summed E-state index contributed by atoms with van der Waals surface area (Å²) in [4.78, 5) is 0. The van der Waals surface area contributed by atoms with Crippen molar-refractivity contribution in [2.45, 2.75) is 19.2 Å². The fourth-order valence-electron chi connectivity index (χ4n) is 2.00. The number of aryl methyl sites for hydroxylation is 1. The lowest BCUT2D eigenvalue weighted by Crippen LogP contribution is -1.97. The van der Waals surface area contributed by atoms with Crippen molar-refractivity contribution in [3.05, 3.63) is 64.2 Å². The quantitative estimate of drug-likeness (QED) is 0.688. The molecule has 2 rings (SSSR count). The van der Waals surface area contributed by atoms with Crippen molar-refractivity contribution in [1.29, 1.82) is 0 Å². The van der Waals surface area contributed by atoms with Gasteiger partial charge in [-0.1, -0.05) is 29.8 Å². The van der Waals surface area contributed by atoms with E-state index < -0.39 is 0 Å². The molecule has 2 aromatic rings. The first-order valence-corrected chi connectivity index (χ1v) is 7.06. The van der Waals surface area contributed by atoms with Crippen LogP contribution in [0.15, 0.2) is 42.5 Å². The zero-order valence-electron chi connectivity index (χ0n) is 11.0. The first-order valence-electron chi connectivity index (χ1n) is 6.24. The Labute approximate surface area is 124 Å². The van der Waals surface area contributed by atoms with Crippen LogP contribution in [0.25, 0.3) is 0 Å². The maximum absolute atomic E-state index is 6.53. The minimum absolute atomic E-state index is 0.173. The predicted octanol–water partition coefficient (Wildman–Crippen LogP) is 5.38. The molecule has 1 atom stereocenters. The van der Waals surface area contributed by atoms with Gasteiger partial charge in [0.25, 0.3) is 0 Å². The van der Waals surface area contributed by atoms with Gasteiger partial charge >= 0.3 is 0 Å². The van der Waals surface area contributed by atoms with E-state index in [-0.39, 0.29) is 5.38 Å². The summed E-state index contributed by atoms with van der Waals surface area (Å²) in [6, 6.07) is 13.7. The molecule has 3 heteroatoms. The number of benzene rings is 2. The van der Waals surface area contributed by atoms with Crippen molar-refractivity contribution in [3.63, 3.8) is 0 Å². The van der Waals surface area contributed by atoms with E-state index in [4.69, 9.17) is 27.9 Å². The second kappa shape index (κ2) is 6.31. The van der Waals surface area contributed by atoms with Crippen LogP contribution in [0.3, 0.4) is 0 Å². The molecule has 0 fully saturated rings. The van der Waals surface area contributed by atoms with Crippen LogP contribution < -0.4 is 4.74 Å². The van der Waals surface area contributed by atoms with Gasteiger partial charge in [0.1, 0.15) is 5.75 Å². The van der Waals surface area contributed by atoms with Crippen LogP contribution in [0.4, 0.5) is 0 Å². The largest absolute Gasteiger partial charge is 0.494 e. The summed E-state index contributed by atoms with van der Waals surface area (Å²) in [6.45, 7) is 4.65. The normalized spacial score (nSPS) is 12.2. The van der Waals surface area contributed by atoms with E-state index in [1.807, 2.05) is 56.3 Å². The average Bonchev–Trinajstić information content (AvgIpc) is 2.39. The van der Waals surface area contributed by atoms with Gasteiger partial charge in [-0.05, 0) is 54.8 Å². The Morgan fingerprint density at radius 2 is 1.79 bits per heavy atom. The molecule has 0 aromatic heterocycles. The number of halogens is 2. The van der Waals surface area contributed by atoms with Crippen molar-refractivity contribution in [2.24, 2.45) is 0 Å². The fraction of sp³-hybridized carbons (Fsp3) is 0.250. The summed E-state index contributed by atoms with van der Waals surface area (Å²) in [7, 11) is 0. The van der Waals surface area contributed by atoms with Gasteiger partial charge in [0, 0.05) is 5.02 Å². The summed E-state index contributed by atoms with van der Waals surface area (Å²) < 4.78 is 5.43. The minimum atomic E-state index is -0.173. The molecule has 0 bridgehead atoms. The maximum Gasteiger partial charge on any atom is 0.119 e. The van der Waals surface area contributed by atoms with Gasteiger partial charge in [0.05, 0.1) is 12.0 Å². The van der Waals surface area contributed by atoms with E-state index in [9.17, 15) is 0 Å². The third-order valence-corrected chi connectivity index (χ3v) is 3.71. The number of hydrogen-bond donors (Lipinski definition) is 0. The molecule has 0 amide bonds. The minimum Gasteiger partial charge on any atom is -0.494 e. The van der Waals surface area contributed by atoms with Gasteiger partial charge in [-0.25, -0.2) is 0 Å². The molecule has 0 aliphatic heterocycles. The fourth-order valence-corrected chi connectivity index (χ4v) is 2.62. The Bertz CT molecular complexity index is 549. The highest BCUT2D eigenvalue weighted by Gasteiger charge is 2.13. The van der Waals surface area contributed by atoms with E-state index in [2.05, 4.69) is 0 Å². The van der Waals surface area contributed by atoms with Crippen LogP contribution >= 0.6 is 23.2 Å². The lowest BCUT2D eigenvalue weighted by atomic mass is 10.00. The third-order valence-electron chi connectivity index (χ3n) is 2.99. The van der Waals surface area contributed by atoms with Gasteiger partial charge in [-0.3, -0.25) is 0 Å². The predicted molar refractivity (Wildman–Crippen MR) is 81.5 cm³/mol. The van der Waals surface area contributed by atoms with Crippen molar-refractivity contribution in [2.75, 3.05) is 6.61 Å². The Morgan fingerprint density at radius 1 is 1.11 bits per heavy atom. The van der Waals surface area contributed by atoms with Crippen molar-refractivity contribution >= 4 is 23.2 Å². The van der Waals surface area contributed by atoms with E-state index in [1.54, 1.807) is 0 Å². The molecule has 0 saturated heterocycles. The molecule has 1 nitrogen and oxygen atoms in total. The van der Waals surface area contributed by atoms with Gasteiger partial charge in [0.15, 0.2) is 0 Å². The van der Waals surface area contributed by atoms with Crippen LogP contribution in [0.2, 0.25) is 5.02 Å². The molecule has 100 valence electrons. The number of alkyl halides is 1. The molecule has 2 aromatic carbocycles. The average molecular weight is 295 g/mol. The summed E-state index contributed by atoms with van der Waals surface area (Å²) >= 11 is 12.5. The zero-order valence-corrected chi connectivity index (χ0v) is 12.5. The van der Waals surface area contributed by atoms with Crippen LogP contribution in [0, 0.1) is 6.92 Å². The highest BCUT2D eigenvalue weighted by Crippen LogP contribution is 2.32. The second-order valence-electron chi connectivity index (χ2n) is 4.37. The first kappa shape index (κ1) is 14.2. The molecule has 0 aliphatic carbocycles. The van der Waals surface area contributed by atoms with E-state index in [0.717, 1.165) is 27.5 Å². The monoisotopic (exact) mass is 294 g/mol. The summed E-state index contributed by atoms with van der Waals surface area (Å²) in [6.07, 6.45) is 0. The van der Waals surface area contributed by atoms with Crippen molar-refractivity contribution in [1.82, 2.24) is 0 Å². The third kappa shape index (κ3) is 3.43. The standard InChI is InChI=1S/C16H16Cl2O/c1-3-19-14-7-4-12(5-8-14)16(18)15-9-6-13(17)10-11(15)2/h4-10,16H,3H2,1-2H3. The molecule has 19 heavy (non-hydrogen) atoms. The molecule has 0 spiro atoms. The summed E-state index contributed by atoms with van der Waals surface area (Å²) in [5.74, 6) is 0.864. The number of hydrogen-bond acceptors (Lipinski definition) is 1. The van der Waals surface area contributed by atoms with Crippen molar-refractivity contribution < 1.29 is 4.74 Å². The molecule has 0 aliphatic rings. The highest BCUT2D eigenvalue weighted by molar-refractivity contribution is 6.30. The SMILES string of the molecule is CCOc1ccc(C(Cl)c2ccc(Cl)cc2C)cc1. The van der Waals surface area contributed by atoms with Gasteiger partial charge in [-0.2, -0.15) is 0 Å². The molecule has 0 saturated carbocycles.